The van der Waals surface area contributed by atoms with Gasteiger partial charge in [0.05, 0.1) is 27.9 Å². The summed E-state index contributed by atoms with van der Waals surface area (Å²) in [5, 5.41) is 10.7. The number of ether oxygens (including phenoxy) is 7. The molecule has 2 aliphatic heterocycles. The Morgan fingerprint density at radius 3 is 2.20 bits per heavy atom. The van der Waals surface area contributed by atoms with Crippen molar-refractivity contribution in [3.63, 3.8) is 0 Å². The van der Waals surface area contributed by atoms with Gasteiger partial charge >= 0.3 is 5.97 Å². The first-order valence-electron chi connectivity index (χ1n) is 15.1. The van der Waals surface area contributed by atoms with Crippen molar-refractivity contribution in [2.24, 2.45) is 5.92 Å². The maximum Gasteiger partial charge on any atom is 0.342 e. The molecule has 46 heavy (non-hydrogen) atoms. The molecule has 0 aromatic heterocycles. The number of hydrogen-bond donors (Lipinski definition) is 1. The van der Waals surface area contributed by atoms with Crippen LogP contribution in [0.5, 0.6) is 34.5 Å². The van der Waals surface area contributed by atoms with Gasteiger partial charge in [-0.3, -0.25) is 9.69 Å². The number of carbonyl (C=O) groups excluding carboxylic acids is 2. The molecule has 4 rings (SSSR count). The fourth-order valence-corrected chi connectivity index (χ4v) is 5.01. The Morgan fingerprint density at radius 1 is 0.935 bits per heavy atom. The van der Waals surface area contributed by atoms with E-state index >= 15 is 0 Å². The van der Waals surface area contributed by atoms with Crippen molar-refractivity contribution < 1.29 is 47.9 Å². The van der Waals surface area contributed by atoms with Gasteiger partial charge in [0.2, 0.25) is 17.4 Å². The molecule has 0 spiro atoms. The lowest BCUT2D eigenvalue weighted by Gasteiger charge is -2.35. The average Bonchev–Trinajstić information content (AvgIpc) is 3.05. The molecule has 2 aliphatic rings. The third-order valence-corrected chi connectivity index (χ3v) is 7.49. The van der Waals surface area contributed by atoms with Gasteiger partial charge in [0.1, 0.15) is 31.5 Å². The number of methoxy groups -OCH3 is 3. The monoisotopic (exact) mass is 664 g/mol. The van der Waals surface area contributed by atoms with Crippen LogP contribution in [0.3, 0.4) is 0 Å². The van der Waals surface area contributed by atoms with Gasteiger partial charge in [-0.1, -0.05) is 13.8 Å². The van der Waals surface area contributed by atoms with Crippen LogP contribution in [0.1, 0.15) is 36.2 Å². The number of esters is 1. The Labute approximate surface area is 276 Å². The number of fused-ring (bicyclic) bond motifs is 1. The highest BCUT2D eigenvalue weighted by molar-refractivity contribution is 5.94. The van der Waals surface area contributed by atoms with E-state index in [1.165, 1.54) is 13.2 Å². The van der Waals surface area contributed by atoms with E-state index in [4.69, 9.17) is 33.2 Å². The molecule has 1 amide bonds. The summed E-state index contributed by atoms with van der Waals surface area (Å²) in [5.74, 6) is 2.36. The molecule has 2 aromatic carbocycles. The first-order chi connectivity index (χ1) is 21.7. The molecule has 13 heteroatoms. The minimum absolute atomic E-state index is 0. The van der Waals surface area contributed by atoms with Crippen molar-refractivity contribution in [1.82, 2.24) is 9.80 Å². The Hall–Kier alpha value is -3.87. The molecule has 1 atom stereocenters. The normalized spacial score (nSPS) is 15.2. The van der Waals surface area contributed by atoms with Gasteiger partial charge in [0.15, 0.2) is 23.0 Å². The number of aliphatic hydroxyl groups excluding tert-OH is 1. The van der Waals surface area contributed by atoms with Crippen LogP contribution in [0.15, 0.2) is 30.3 Å². The molecule has 1 saturated heterocycles. The third kappa shape index (κ3) is 9.57. The molecule has 0 aliphatic carbocycles. The zero-order valence-corrected chi connectivity index (χ0v) is 27.9. The van der Waals surface area contributed by atoms with E-state index in [9.17, 15) is 14.7 Å². The van der Waals surface area contributed by atoms with Crippen LogP contribution < -0.4 is 28.4 Å². The predicted octanol–water partition coefficient (Wildman–Crippen LogP) is 3.71. The van der Waals surface area contributed by atoms with Gasteiger partial charge in [-0.05, 0) is 48.2 Å². The third-order valence-electron chi connectivity index (χ3n) is 7.49. The average molecular weight is 665 g/mol. The predicted molar refractivity (Wildman–Crippen MR) is 174 cm³/mol. The Kier molecular flexibility index (Phi) is 14.1. The molecule has 1 fully saturated rings. The summed E-state index contributed by atoms with van der Waals surface area (Å²) >= 11 is 0. The molecule has 2 aromatic rings. The minimum atomic E-state index is -0.784. The summed E-state index contributed by atoms with van der Waals surface area (Å²) in [6.07, 6.45) is 3.23. The number of aliphatic hydroxyl groups is 1. The number of carbonyl (C=O) groups is 2. The van der Waals surface area contributed by atoms with Crippen molar-refractivity contribution >= 4 is 30.4 Å². The number of nitrogens with zero attached hydrogens (tertiary/aromatic N) is 2. The molecule has 2 heterocycles. The summed E-state index contributed by atoms with van der Waals surface area (Å²) in [7, 11) is 4.62. The SMILES string of the molecule is COc1cc(/C=C/C(=O)N2CCN(CC(O)COc3ccc(C(=O)OCCC(C)C)c4c3OCCO4)CC2)cc(OC)c1OC.Cl. The largest absolute Gasteiger partial charge is 0.493 e. The maximum atomic E-state index is 12.9. The van der Waals surface area contributed by atoms with Crippen LogP contribution in [0.25, 0.3) is 6.08 Å². The van der Waals surface area contributed by atoms with E-state index in [1.807, 2.05) is 0 Å². The Bertz CT molecular complexity index is 1320. The lowest BCUT2D eigenvalue weighted by atomic mass is 10.1. The van der Waals surface area contributed by atoms with Crippen LogP contribution in [-0.4, -0.2) is 113 Å². The zero-order valence-electron chi connectivity index (χ0n) is 27.1. The molecule has 0 bridgehead atoms. The number of amides is 1. The maximum absolute atomic E-state index is 12.9. The summed E-state index contributed by atoms with van der Waals surface area (Å²) in [4.78, 5) is 29.4. The summed E-state index contributed by atoms with van der Waals surface area (Å²) in [6, 6.07) is 6.78. The number of benzene rings is 2. The topological polar surface area (TPSA) is 125 Å². The van der Waals surface area contributed by atoms with Gasteiger partial charge in [0, 0.05) is 38.8 Å². The second-order valence-corrected chi connectivity index (χ2v) is 11.2. The summed E-state index contributed by atoms with van der Waals surface area (Å²) in [5.41, 5.74) is 1.03. The molecular weight excluding hydrogens is 620 g/mol. The standard InChI is InChI=1S/C33H44N2O10.ClH/c1-22(2)10-15-44-33(38)25-7-8-26(32-30(25)42-16-17-43-32)45-21-24(36)20-34-11-13-35(14-12-34)29(37)9-6-23-18-27(39-3)31(41-5)28(19-23)40-4;/h6-9,18-19,22,24,36H,10-17,20-21H2,1-5H3;1H/b9-6+;. The fourth-order valence-electron chi connectivity index (χ4n) is 5.01. The van der Waals surface area contributed by atoms with Gasteiger partial charge in [-0.15, -0.1) is 12.4 Å². The van der Waals surface area contributed by atoms with E-state index < -0.39 is 12.1 Å². The molecule has 1 N–H and O–H groups in total. The van der Waals surface area contributed by atoms with Crippen molar-refractivity contribution in [2.75, 3.05) is 80.5 Å². The minimum Gasteiger partial charge on any atom is -0.493 e. The number of hydrogen-bond acceptors (Lipinski definition) is 11. The van der Waals surface area contributed by atoms with Gasteiger partial charge in [-0.2, -0.15) is 0 Å². The molecule has 12 nitrogen and oxygen atoms in total. The second kappa shape index (κ2) is 17.7. The van der Waals surface area contributed by atoms with Crippen LogP contribution in [0.4, 0.5) is 0 Å². The van der Waals surface area contributed by atoms with E-state index in [2.05, 4.69) is 18.7 Å². The van der Waals surface area contributed by atoms with Crippen molar-refractivity contribution in [3.05, 3.63) is 41.5 Å². The van der Waals surface area contributed by atoms with Crippen LogP contribution in [0.2, 0.25) is 0 Å². The lowest BCUT2D eigenvalue weighted by molar-refractivity contribution is -0.127. The van der Waals surface area contributed by atoms with E-state index in [-0.39, 0.29) is 30.5 Å². The molecule has 254 valence electrons. The summed E-state index contributed by atoms with van der Waals surface area (Å²) in [6.45, 7) is 7.75. The molecule has 0 saturated carbocycles. The van der Waals surface area contributed by atoms with Gasteiger partial charge < -0.3 is 43.2 Å². The van der Waals surface area contributed by atoms with Crippen molar-refractivity contribution in [1.29, 1.82) is 0 Å². The smallest absolute Gasteiger partial charge is 0.342 e. The molecule has 1 unspecified atom stereocenters. The number of β-amino-alcohol motifs (C(OH)–C–C–N with tert-alkyl or cyclic N) is 1. The fraction of sp³-hybridized carbons (Fsp3) is 0.515. The van der Waals surface area contributed by atoms with E-state index in [0.717, 1.165) is 12.0 Å². The zero-order chi connectivity index (χ0) is 32.3. The first kappa shape index (κ1) is 36.6. The van der Waals surface area contributed by atoms with Crippen LogP contribution in [-0.2, 0) is 9.53 Å². The van der Waals surface area contributed by atoms with Crippen molar-refractivity contribution in [2.45, 2.75) is 26.4 Å². The Balaban J connectivity index is 0.00000576. The molecular formula is C33H45ClN2O10. The highest BCUT2D eigenvalue weighted by Crippen LogP contribution is 2.42. The highest BCUT2D eigenvalue weighted by atomic mass is 35.5. The second-order valence-electron chi connectivity index (χ2n) is 11.2. The Morgan fingerprint density at radius 2 is 1.59 bits per heavy atom. The number of piperazine rings is 1. The number of halogens is 1. The van der Waals surface area contributed by atoms with Crippen molar-refractivity contribution in [3.8, 4) is 34.5 Å². The number of rotatable bonds is 14. The van der Waals surface area contributed by atoms with E-state index in [0.29, 0.717) is 93.0 Å². The van der Waals surface area contributed by atoms with Crippen LogP contribution in [0, 0.1) is 5.92 Å². The first-order valence-corrected chi connectivity index (χ1v) is 15.1. The quantitative estimate of drug-likeness (QED) is 0.235. The lowest BCUT2D eigenvalue weighted by Crippen LogP contribution is -2.50. The van der Waals surface area contributed by atoms with Gasteiger partial charge in [0.25, 0.3) is 0 Å². The van der Waals surface area contributed by atoms with Gasteiger partial charge in [-0.25, -0.2) is 4.79 Å². The summed E-state index contributed by atoms with van der Waals surface area (Å²) < 4.78 is 39.0. The highest BCUT2D eigenvalue weighted by Gasteiger charge is 2.27. The van der Waals surface area contributed by atoms with Crippen LogP contribution >= 0.6 is 12.4 Å². The molecule has 0 radical (unpaired) electrons. The van der Waals surface area contributed by atoms with E-state index in [1.54, 1.807) is 49.5 Å².